The van der Waals surface area contributed by atoms with Crippen LogP contribution in [-0.4, -0.2) is 23.4 Å². The summed E-state index contributed by atoms with van der Waals surface area (Å²) in [6.07, 6.45) is 1.73. The molecule has 2 N–H and O–H groups in total. The molecule has 22 heavy (non-hydrogen) atoms. The molecule has 1 aromatic carbocycles. The summed E-state index contributed by atoms with van der Waals surface area (Å²) < 4.78 is 11.8. The summed E-state index contributed by atoms with van der Waals surface area (Å²) in [5.41, 5.74) is 1.22. The lowest BCUT2D eigenvalue weighted by molar-refractivity contribution is 0.256. The van der Waals surface area contributed by atoms with Crippen molar-refractivity contribution in [1.29, 1.82) is 0 Å². The Morgan fingerprint density at radius 3 is 1.27 bits per heavy atom. The van der Waals surface area contributed by atoms with Gasteiger partial charge in [0.15, 0.2) is 23.0 Å². The Kier molecular flexibility index (Phi) is 6.85. The zero-order chi connectivity index (χ0) is 16.9. The highest BCUT2D eigenvalue weighted by Crippen LogP contribution is 2.52. The number of phenolic OH excluding ortho intramolecular Hbond substituents is 2. The zero-order valence-electron chi connectivity index (χ0n) is 14.7. The van der Waals surface area contributed by atoms with E-state index in [1.54, 1.807) is 0 Å². The van der Waals surface area contributed by atoms with Crippen LogP contribution in [0.3, 0.4) is 0 Å². The minimum atomic E-state index is -0.0892. The summed E-state index contributed by atoms with van der Waals surface area (Å²) in [7, 11) is 0. The number of benzene rings is 1. The van der Waals surface area contributed by atoms with Crippen LogP contribution in [0.2, 0.25) is 0 Å². The highest BCUT2D eigenvalue weighted by atomic mass is 16.5. The maximum atomic E-state index is 10.4. The molecule has 4 nitrogen and oxygen atoms in total. The van der Waals surface area contributed by atoms with E-state index in [2.05, 4.69) is 0 Å². The van der Waals surface area contributed by atoms with Crippen molar-refractivity contribution in [1.82, 2.24) is 0 Å². The zero-order valence-corrected chi connectivity index (χ0v) is 14.7. The van der Waals surface area contributed by atoms with Gasteiger partial charge in [0.25, 0.3) is 0 Å². The first-order chi connectivity index (χ1) is 10.4. The molecule has 0 aromatic heterocycles. The smallest absolute Gasteiger partial charge is 0.168 e. The van der Waals surface area contributed by atoms with Crippen molar-refractivity contribution in [2.24, 2.45) is 0 Å². The van der Waals surface area contributed by atoms with Crippen LogP contribution in [0.5, 0.6) is 23.0 Å². The molecule has 0 radical (unpaired) electrons. The topological polar surface area (TPSA) is 58.9 Å². The van der Waals surface area contributed by atoms with Gasteiger partial charge in [0.2, 0.25) is 0 Å². The SMILES string of the molecule is CCCOc1c(OCCC)c(C(C)C)c(O)c(O)c1C(C)C. The van der Waals surface area contributed by atoms with Gasteiger partial charge in [-0.15, -0.1) is 0 Å². The maximum Gasteiger partial charge on any atom is 0.168 e. The summed E-state index contributed by atoms with van der Waals surface area (Å²) in [6.45, 7) is 13.0. The average molecular weight is 310 g/mol. The molecule has 0 aliphatic heterocycles. The fraction of sp³-hybridized carbons (Fsp3) is 0.667. The number of rotatable bonds is 8. The van der Waals surface area contributed by atoms with Crippen molar-refractivity contribution in [3.63, 3.8) is 0 Å². The van der Waals surface area contributed by atoms with Gasteiger partial charge in [-0.2, -0.15) is 0 Å². The number of hydrogen-bond acceptors (Lipinski definition) is 4. The Balaban J connectivity index is 3.61. The van der Waals surface area contributed by atoms with Gasteiger partial charge in [0.05, 0.1) is 13.2 Å². The Labute approximate surface area is 134 Å². The third-order valence-electron chi connectivity index (χ3n) is 3.49. The van der Waals surface area contributed by atoms with E-state index in [1.165, 1.54) is 0 Å². The predicted molar refractivity (Wildman–Crippen MR) is 89.5 cm³/mol. The van der Waals surface area contributed by atoms with Crippen LogP contribution in [0, 0.1) is 0 Å². The van der Waals surface area contributed by atoms with Crippen molar-refractivity contribution in [3.05, 3.63) is 11.1 Å². The number of phenols is 2. The standard InChI is InChI=1S/C18H30O4/c1-7-9-21-17-13(11(3)4)15(19)16(20)14(12(5)6)18(17)22-10-8-2/h11-12,19-20H,7-10H2,1-6H3. The summed E-state index contributed by atoms with van der Waals surface area (Å²) >= 11 is 0. The van der Waals surface area contributed by atoms with Crippen molar-refractivity contribution in [2.45, 2.75) is 66.2 Å². The monoisotopic (exact) mass is 310 g/mol. The van der Waals surface area contributed by atoms with E-state index in [0.29, 0.717) is 35.8 Å². The van der Waals surface area contributed by atoms with Gasteiger partial charge >= 0.3 is 0 Å². The van der Waals surface area contributed by atoms with E-state index in [4.69, 9.17) is 9.47 Å². The van der Waals surface area contributed by atoms with Gasteiger partial charge in [-0.1, -0.05) is 41.5 Å². The second kappa shape index (κ2) is 8.16. The molecule has 0 amide bonds. The quantitative estimate of drug-likeness (QED) is 0.669. The molecule has 0 saturated heterocycles. The molecule has 126 valence electrons. The average Bonchev–Trinajstić information content (AvgIpc) is 2.45. The van der Waals surface area contributed by atoms with Gasteiger partial charge < -0.3 is 19.7 Å². The molecule has 0 unspecified atom stereocenters. The van der Waals surface area contributed by atoms with Crippen LogP contribution >= 0.6 is 0 Å². The number of ether oxygens (including phenoxy) is 2. The minimum absolute atomic E-state index is 0.0166. The second-order valence-electron chi connectivity index (χ2n) is 6.19. The summed E-state index contributed by atoms with van der Waals surface area (Å²) in [6, 6.07) is 0. The van der Waals surface area contributed by atoms with Crippen molar-refractivity contribution < 1.29 is 19.7 Å². The fourth-order valence-electron chi connectivity index (χ4n) is 2.48. The summed E-state index contributed by atoms with van der Waals surface area (Å²) in [5, 5.41) is 20.9. The van der Waals surface area contributed by atoms with Crippen molar-refractivity contribution in [2.75, 3.05) is 13.2 Å². The third-order valence-corrected chi connectivity index (χ3v) is 3.49. The Morgan fingerprint density at radius 2 is 1.05 bits per heavy atom. The molecular formula is C18H30O4. The first-order valence-electron chi connectivity index (χ1n) is 8.23. The van der Waals surface area contributed by atoms with Crippen LogP contribution in [-0.2, 0) is 0 Å². The van der Waals surface area contributed by atoms with Crippen molar-refractivity contribution in [3.8, 4) is 23.0 Å². The van der Waals surface area contributed by atoms with E-state index in [9.17, 15) is 10.2 Å². The molecule has 0 heterocycles. The van der Waals surface area contributed by atoms with Gasteiger partial charge in [-0.25, -0.2) is 0 Å². The van der Waals surface area contributed by atoms with E-state index in [-0.39, 0.29) is 23.3 Å². The van der Waals surface area contributed by atoms with E-state index >= 15 is 0 Å². The molecule has 0 aliphatic carbocycles. The normalized spacial score (nSPS) is 11.3. The van der Waals surface area contributed by atoms with Gasteiger partial charge in [-0.3, -0.25) is 0 Å². The van der Waals surface area contributed by atoms with Gasteiger partial charge in [0.1, 0.15) is 0 Å². The summed E-state index contributed by atoms with van der Waals surface area (Å²) in [4.78, 5) is 0. The van der Waals surface area contributed by atoms with Crippen LogP contribution < -0.4 is 9.47 Å². The minimum Gasteiger partial charge on any atom is -0.504 e. The first kappa shape index (κ1) is 18.5. The first-order valence-corrected chi connectivity index (χ1v) is 8.23. The molecule has 0 fully saturated rings. The van der Waals surface area contributed by atoms with Crippen LogP contribution in [0.4, 0.5) is 0 Å². The molecule has 0 saturated carbocycles. The Bertz CT molecular complexity index is 448. The largest absolute Gasteiger partial charge is 0.504 e. The van der Waals surface area contributed by atoms with E-state index in [0.717, 1.165) is 12.8 Å². The molecule has 0 bridgehead atoms. The Morgan fingerprint density at radius 1 is 0.727 bits per heavy atom. The van der Waals surface area contributed by atoms with Gasteiger partial charge in [-0.05, 0) is 24.7 Å². The lowest BCUT2D eigenvalue weighted by Gasteiger charge is -2.24. The highest BCUT2D eigenvalue weighted by molar-refractivity contribution is 5.67. The number of hydrogen-bond donors (Lipinski definition) is 2. The van der Waals surface area contributed by atoms with Crippen LogP contribution in [0.15, 0.2) is 0 Å². The predicted octanol–water partition coefficient (Wildman–Crippen LogP) is 4.92. The van der Waals surface area contributed by atoms with Gasteiger partial charge in [0, 0.05) is 11.1 Å². The highest BCUT2D eigenvalue weighted by Gasteiger charge is 2.28. The molecule has 0 atom stereocenters. The molecule has 0 aliphatic rings. The lowest BCUT2D eigenvalue weighted by Crippen LogP contribution is -2.09. The van der Waals surface area contributed by atoms with Crippen LogP contribution in [0.1, 0.15) is 77.3 Å². The summed E-state index contributed by atoms with van der Waals surface area (Å²) in [5.74, 6) is 1.00. The van der Waals surface area contributed by atoms with E-state index < -0.39 is 0 Å². The molecule has 1 rings (SSSR count). The van der Waals surface area contributed by atoms with Crippen molar-refractivity contribution >= 4 is 0 Å². The molecule has 1 aromatic rings. The Hall–Kier alpha value is -1.58. The van der Waals surface area contributed by atoms with Crippen LogP contribution in [0.25, 0.3) is 0 Å². The third kappa shape index (κ3) is 3.79. The number of aromatic hydroxyl groups is 2. The second-order valence-corrected chi connectivity index (χ2v) is 6.19. The lowest BCUT2D eigenvalue weighted by atomic mass is 9.92. The fourth-order valence-corrected chi connectivity index (χ4v) is 2.48. The van der Waals surface area contributed by atoms with E-state index in [1.807, 2.05) is 41.5 Å². The molecule has 4 heteroatoms. The molecular weight excluding hydrogens is 280 g/mol. The maximum absolute atomic E-state index is 10.4. The molecule has 0 spiro atoms.